The Kier molecular flexibility index (Phi) is 7.16. The van der Waals surface area contributed by atoms with E-state index in [1.165, 1.54) is 18.4 Å². The molecule has 0 radical (unpaired) electrons. The third kappa shape index (κ3) is 5.18. The molecule has 0 aromatic rings. The molecule has 3 aliphatic carbocycles. The Morgan fingerprint density at radius 1 is 1.30 bits per heavy atom. The van der Waals surface area contributed by atoms with E-state index in [2.05, 4.69) is 38.7 Å². The molecule has 1 unspecified atom stereocenters. The van der Waals surface area contributed by atoms with Gasteiger partial charge < -0.3 is 15.3 Å². The minimum Gasteiger partial charge on any atom is -0.393 e. The second kappa shape index (κ2) is 9.14. The molecule has 0 bridgehead atoms. The Balaban J connectivity index is 1.71. The van der Waals surface area contributed by atoms with Crippen molar-refractivity contribution in [2.75, 3.05) is 0 Å². The van der Waals surface area contributed by atoms with Gasteiger partial charge >= 0.3 is 0 Å². The molecule has 3 rings (SSSR count). The molecule has 2 saturated carbocycles. The van der Waals surface area contributed by atoms with E-state index in [1.807, 2.05) is 13.8 Å². The number of allylic oxidation sites excluding steroid dienone is 5. The molecule has 0 saturated heterocycles. The van der Waals surface area contributed by atoms with Crippen molar-refractivity contribution in [3.8, 4) is 0 Å². The first-order chi connectivity index (χ1) is 14.0. The number of hydrogen-bond acceptors (Lipinski definition) is 3. The monoisotopic (exact) mass is 414 g/mol. The molecule has 168 valence electrons. The molecule has 5 atom stereocenters. The summed E-state index contributed by atoms with van der Waals surface area (Å²) in [5, 5.41) is 30.2. The van der Waals surface area contributed by atoms with Crippen molar-refractivity contribution in [1.82, 2.24) is 0 Å². The van der Waals surface area contributed by atoms with Crippen molar-refractivity contribution in [2.45, 2.75) is 103 Å². The normalized spacial score (nSPS) is 36.2. The highest BCUT2D eigenvalue weighted by molar-refractivity contribution is 5.40. The summed E-state index contributed by atoms with van der Waals surface area (Å²) in [5.41, 5.74) is 4.55. The molecule has 2 fully saturated rings. The first-order valence-electron chi connectivity index (χ1n) is 11.9. The molecule has 3 aliphatic rings. The zero-order chi connectivity index (χ0) is 22.1. The maximum Gasteiger partial charge on any atom is 0.0811 e. The van der Waals surface area contributed by atoms with Gasteiger partial charge in [-0.2, -0.15) is 0 Å². The number of rotatable bonds is 6. The average Bonchev–Trinajstić information content (AvgIpc) is 3.00. The van der Waals surface area contributed by atoms with Crippen LogP contribution >= 0.6 is 0 Å². The van der Waals surface area contributed by atoms with E-state index in [1.54, 1.807) is 5.57 Å². The van der Waals surface area contributed by atoms with E-state index < -0.39 is 17.8 Å². The van der Waals surface area contributed by atoms with Gasteiger partial charge in [0.1, 0.15) is 0 Å². The lowest BCUT2D eigenvalue weighted by molar-refractivity contribution is 0.0670. The van der Waals surface area contributed by atoms with Crippen LogP contribution in [0.4, 0.5) is 0 Å². The summed E-state index contributed by atoms with van der Waals surface area (Å²) in [4.78, 5) is 0. The van der Waals surface area contributed by atoms with E-state index >= 15 is 0 Å². The van der Waals surface area contributed by atoms with Gasteiger partial charge in [-0.1, -0.05) is 56.2 Å². The molecule has 0 aromatic carbocycles. The van der Waals surface area contributed by atoms with Crippen LogP contribution in [0.1, 0.15) is 85.5 Å². The largest absolute Gasteiger partial charge is 0.393 e. The standard InChI is InChI=1S/C27H42O3/c1-18(8-6-14-26(3,4)30)23-12-13-24-20(9-7-15-27(23,24)5)10-11-21-16-22(28)17-25(29)19(21)2/h10-12,18,22,24-25,28-30H,2,6-9,13-17H2,1,3-5H3/t18-,22+,24?,25-,27+/m0/s1. The zero-order valence-corrected chi connectivity index (χ0v) is 19.5. The Morgan fingerprint density at radius 2 is 2.03 bits per heavy atom. The smallest absolute Gasteiger partial charge is 0.0811 e. The number of aliphatic hydroxyl groups is 3. The van der Waals surface area contributed by atoms with E-state index in [0.29, 0.717) is 24.7 Å². The van der Waals surface area contributed by atoms with E-state index in [4.69, 9.17) is 0 Å². The lowest BCUT2D eigenvalue weighted by Gasteiger charge is -2.42. The Bertz CT molecular complexity index is 736. The van der Waals surface area contributed by atoms with Crippen molar-refractivity contribution >= 4 is 0 Å². The molecule has 3 N–H and O–H groups in total. The highest BCUT2D eigenvalue weighted by Gasteiger charge is 2.45. The lowest BCUT2D eigenvalue weighted by Crippen LogP contribution is -2.32. The number of fused-ring (bicyclic) bond motifs is 1. The average molecular weight is 415 g/mol. The minimum absolute atomic E-state index is 0.235. The van der Waals surface area contributed by atoms with Crippen LogP contribution < -0.4 is 0 Å². The summed E-state index contributed by atoms with van der Waals surface area (Å²) in [6, 6.07) is 0. The molecule has 0 aliphatic heterocycles. The van der Waals surface area contributed by atoms with Gasteiger partial charge in [-0.15, -0.1) is 0 Å². The van der Waals surface area contributed by atoms with Crippen LogP contribution in [0.15, 0.2) is 47.1 Å². The number of aliphatic hydroxyl groups excluding tert-OH is 2. The van der Waals surface area contributed by atoms with E-state index in [0.717, 1.165) is 43.3 Å². The van der Waals surface area contributed by atoms with Crippen molar-refractivity contribution in [2.24, 2.45) is 17.3 Å². The lowest BCUT2D eigenvalue weighted by atomic mass is 9.62. The van der Waals surface area contributed by atoms with E-state index in [9.17, 15) is 15.3 Å². The molecular formula is C27H42O3. The third-order valence-electron chi connectivity index (χ3n) is 7.83. The molecule has 3 heteroatoms. The molecular weight excluding hydrogens is 372 g/mol. The van der Waals surface area contributed by atoms with Gasteiger partial charge in [0.15, 0.2) is 0 Å². The predicted molar refractivity (Wildman–Crippen MR) is 124 cm³/mol. The minimum atomic E-state index is -0.625. The Hall–Kier alpha value is -1.16. The fourth-order valence-corrected chi connectivity index (χ4v) is 6.08. The first kappa shape index (κ1) is 23.5. The van der Waals surface area contributed by atoms with Crippen LogP contribution in [0.2, 0.25) is 0 Å². The molecule has 0 aromatic heterocycles. The highest BCUT2D eigenvalue weighted by atomic mass is 16.3. The van der Waals surface area contributed by atoms with Crippen LogP contribution in [0, 0.1) is 17.3 Å². The summed E-state index contributed by atoms with van der Waals surface area (Å²) < 4.78 is 0. The predicted octanol–water partition coefficient (Wildman–Crippen LogP) is 5.62. The highest BCUT2D eigenvalue weighted by Crippen LogP contribution is 2.57. The van der Waals surface area contributed by atoms with Gasteiger partial charge in [0, 0.05) is 6.42 Å². The van der Waals surface area contributed by atoms with Crippen molar-refractivity contribution in [3.63, 3.8) is 0 Å². The molecule has 0 heterocycles. The topological polar surface area (TPSA) is 60.7 Å². The van der Waals surface area contributed by atoms with Gasteiger partial charge in [-0.3, -0.25) is 0 Å². The first-order valence-corrected chi connectivity index (χ1v) is 11.9. The summed E-state index contributed by atoms with van der Waals surface area (Å²) in [7, 11) is 0. The van der Waals surface area contributed by atoms with Crippen LogP contribution in [0.25, 0.3) is 0 Å². The maximum absolute atomic E-state index is 10.1. The third-order valence-corrected chi connectivity index (χ3v) is 7.83. The fourth-order valence-electron chi connectivity index (χ4n) is 6.08. The Morgan fingerprint density at radius 3 is 2.73 bits per heavy atom. The zero-order valence-electron chi connectivity index (χ0n) is 19.5. The summed E-state index contributed by atoms with van der Waals surface area (Å²) in [6.45, 7) is 12.7. The number of hydrogen-bond donors (Lipinski definition) is 3. The SMILES string of the molecule is C=C1C(=CC=C2CCC[C@]3(C)C([C@@H](C)CCCC(C)(C)O)=CCC23)C[C@@H](O)C[C@@H]1O. The molecule has 3 nitrogen and oxygen atoms in total. The molecule has 0 amide bonds. The Labute approximate surface area is 183 Å². The van der Waals surface area contributed by atoms with Gasteiger partial charge in [-0.05, 0) is 87.2 Å². The second-order valence-corrected chi connectivity index (χ2v) is 10.9. The fraction of sp³-hybridized carbons (Fsp3) is 0.704. The summed E-state index contributed by atoms with van der Waals surface area (Å²) in [5.74, 6) is 1.12. The van der Waals surface area contributed by atoms with E-state index in [-0.39, 0.29) is 5.41 Å². The van der Waals surface area contributed by atoms with Gasteiger partial charge in [0.2, 0.25) is 0 Å². The maximum atomic E-state index is 10.1. The van der Waals surface area contributed by atoms with Gasteiger partial charge in [0.05, 0.1) is 17.8 Å². The molecule has 30 heavy (non-hydrogen) atoms. The second-order valence-electron chi connectivity index (χ2n) is 10.9. The van der Waals surface area contributed by atoms with Crippen LogP contribution in [0.3, 0.4) is 0 Å². The summed E-state index contributed by atoms with van der Waals surface area (Å²) in [6.07, 6.45) is 14.5. The van der Waals surface area contributed by atoms with Gasteiger partial charge in [0.25, 0.3) is 0 Å². The van der Waals surface area contributed by atoms with Gasteiger partial charge in [-0.25, -0.2) is 0 Å². The van der Waals surface area contributed by atoms with Crippen LogP contribution in [-0.2, 0) is 0 Å². The van der Waals surface area contributed by atoms with Crippen molar-refractivity contribution in [1.29, 1.82) is 0 Å². The van der Waals surface area contributed by atoms with Crippen LogP contribution in [-0.4, -0.2) is 33.1 Å². The quantitative estimate of drug-likeness (QED) is 0.494. The van der Waals surface area contributed by atoms with Crippen molar-refractivity contribution in [3.05, 3.63) is 47.1 Å². The van der Waals surface area contributed by atoms with Crippen molar-refractivity contribution < 1.29 is 15.3 Å². The van der Waals surface area contributed by atoms with Crippen LogP contribution in [0.5, 0.6) is 0 Å². The summed E-state index contributed by atoms with van der Waals surface area (Å²) >= 11 is 0. The molecule has 0 spiro atoms.